The Morgan fingerprint density at radius 2 is 2.07 bits per heavy atom. The smallest absolute Gasteiger partial charge is 0.233 e. The molecule has 8 nitrogen and oxygen atoms in total. The van der Waals surface area contributed by atoms with Crippen molar-refractivity contribution in [3.8, 4) is 11.5 Å². The van der Waals surface area contributed by atoms with Crippen molar-refractivity contribution in [1.29, 1.82) is 0 Å². The van der Waals surface area contributed by atoms with Crippen molar-refractivity contribution in [2.45, 2.75) is 25.3 Å². The fraction of sp³-hybridized carbons (Fsp3) is 0.286. The minimum Gasteiger partial charge on any atom is -0.339 e. The van der Waals surface area contributed by atoms with E-state index < -0.39 is 0 Å². The van der Waals surface area contributed by atoms with Gasteiger partial charge >= 0.3 is 0 Å². The van der Waals surface area contributed by atoms with Crippen LogP contribution >= 0.6 is 0 Å². The number of likely N-dealkylation sites (tertiary alicyclic amines) is 1. The van der Waals surface area contributed by atoms with Crippen LogP contribution in [0, 0.1) is 0 Å². The molecule has 0 saturated carbocycles. The Morgan fingerprint density at radius 1 is 1.21 bits per heavy atom. The summed E-state index contributed by atoms with van der Waals surface area (Å²) < 4.78 is 7.43. The number of aromatic nitrogens is 5. The van der Waals surface area contributed by atoms with E-state index in [1.54, 1.807) is 17.1 Å². The largest absolute Gasteiger partial charge is 0.339 e. The van der Waals surface area contributed by atoms with E-state index in [4.69, 9.17) is 4.52 Å². The van der Waals surface area contributed by atoms with E-state index in [1.165, 1.54) is 0 Å². The molecular formula is C21H20N6O2. The molecule has 1 aliphatic heterocycles. The molecule has 0 spiro atoms. The minimum atomic E-state index is -0.215. The van der Waals surface area contributed by atoms with Crippen LogP contribution in [0.2, 0.25) is 0 Å². The van der Waals surface area contributed by atoms with Crippen molar-refractivity contribution in [3.63, 3.8) is 0 Å². The average Bonchev–Trinajstić information content (AvgIpc) is 3.42. The summed E-state index contributed by atoms with van der Waals surface area (Å²) in [5.41, 5.74) is 2.64. The van der Waals surface area contributed by atoms with Gasteiger partial charge in [-0.3, -0.25) is 14.5 Å². The predicted octanol–water partition coefficient (Wildman–Crippen LogP) is 3.10. The van der Waals surface area contributed by atoms with Gasteiger partial charge in [-0.15, -0.1) is 0 Å². The zero-order valence-electron chi connectivity index (χ0n) is 16.2. The van der Waals surface area contributed by atoms with Gasteiger partial charge in [-0.2, -0.15) is 10.1 Å². The number of nitrogens with zero attached hydrogens (tertiary/aromatic N) is 6. The van der Waals surface area contributed by atoms with Gasteiger partial charge < -0.3 is 9.42 Å². The molecule has 3 aromatic heterocycles. The van der Waals surface area contributed by atoms with E-state index in [1.807, 2.05) is 55.3 Å². The third-order valence-electron chi connectivity index (χ3n) is 5.51. The predicted molar refractivity (Wildman–Crippen MR) is 106 cm³/mol. The van der Waals surface area contributed by atoms with Gasteiger partial charge in [0.1, 0.15) is 5.69 Å². The van der Waals surface area contributed by atoms with Crippen LogP contribution in [0.1, 0.15) is 36.8 Å². The van der Waals surface area contributed by atoms with Crippen molar-refractivity contribution < 1.29 is 9.32 Å². The number of aryl methyl sites for hydroxylation is 1. The molecule has 1 fully saturated rings. The second-order valence-electron chi connectivity index (χ2n) is 7.17. The van der Waals surface area contributed by atoms with Gasteiger partial charge in [-0.1, -0.05) is 29.4 Å². The maximum absolute atomic E-state index is 12.6. The number of hydrogen-bond acceptors (Lipinski definition) is 6. The first-order valence-electron chi connectivity index (χ1n) is 9.62. The molecule has 146 valence electrons. The van der Waals surface area contributed by atoms with Gasteiger partial charge in [0.15, 0.2) is 0 Å². The first kappa shape index (κ1) is 17.5. The highest BCUT2D eigenvalue weighted by atomic mass is 16.5. The summed E-state index contributed by atoms with van der Waals surface area (Å²) in [5, 5.41) is 9.71. The molecule has 0 aliphatic carbocycles. The minimum absolute atomic E-state index is 0.0806. The van der Waals surface area contributed by atoms with Crippen LogP contribution in [0.5, 0.6) is 0 Å². The van der Waals surface area contributed by atoms with Crippen LogP contribution in [0.25, 0.3) is 22.4 Å². The molecule has 29 heavy (non-hydrogen) atoms. The first-order chi connectivity index (χ1) is 14.2. The van der Waals surface area contributed by atoms with Crippen LogP contribution in [0.15, 0.2) is 53.3 Å². The van der Waals surface area contributed by atoms with E-state index in [9.17, 15) is 4.79 Å². The molecule has 0 N–H and O–H groups in total. The lowest BCUT2D eigenvalue weighted by Crippen LogP contribution is -2.28. The average molecular weight is 388 g/mol. The Balaban J connectivity index is 1.57. The number of carbonyl (C=O) groups is 1. The number of pyridine rings is 1. The number of hydrogen-bond donors (Lipinski definition) is 0. The number of amides is 1. The number of carbonyl (C=O) groups excluding carboxylic acids is 1. The lowest BCUT2D eigenvalue weighted by molar-refractivity contribution is -0.128. The molecule has 2 atom stereocenters. The van der Waals surface area contributed by atoms with Crippen molar-refractivity contribution in [2.75, 3.05) is 6.54 Å². The van der Waals surface area contributed by atoms with Crippen molar-refractivity contribution in [3.05, 3.63) is 60.2 Å². The second kappa shape index (κ2) is 6.80. The van der Waals surface area contributed by atoms with Crippen LogP contribution < -0.4 is 0 Å². The van der Waals surface area contributed by atoms with E-state index in [2.05, 4.69) is 20.2 Å². The number of fused-ring (bicyclic) bond motifs is 1. The van der Waals surface area contributed by atoms with Gasteiger partial charge in [0, 0.05) is 37.8 Å². The molecule has 4 aromatic rings. The summed E-state index contributed by atoms with van der Waals surface area (Å²) in [6.07, 6.45) is 3.86. The van der Waals surface area contributed by atoms with Gasteiger partial charge in [0.2, 0.25) is 17.6 Å². The van der Waals surface area contributed by atoms with Crippen LogP contribution in [0.4, 0.5) is 0 Å². The molecule has 0 unspecified atom stereocenters. The van der Waals surface area contributed by atoms with E-state index >= 15 is 0 Å². The van der Waals surface area contributed by atoms with Gasteiger partial charge in [0.05, 0.1) is 17.5 Å². The number of benzene rings is 1. The summed E-state index contributed by atoms with van der Waals surface area (Å²) in [6, 6.07) is 11.5. The summed E-state index contributed by atoms with van der Waals surface area (Å²) in [5.74, 6) is 0.802. The Hall–Kier alpha value is -3.55. The highest BCUT2D eigenvalue weighted by Gasteiger charge is 2.44. The molecule has 0 bridgehead atoms. The van der Waals surface area contributed by atoms with Crippen molar-refractivity contribution in [1.82, 2.24) is 29.8 Å². The Bertz CT molecular complexity index is 1180. The summed E-state index contributed by atoms with van der Waals surface area (Å²) >= 11 is 0. The second-order valence-corrected chi connectivity index (χ2v) is 7.17. The fourth-order valence-corrected chi connectivity index (χ4v) is 4.24. The van der Waals surface area contributed by atoms with Gasteiger partial charge in [0.25, 0.3) is 0 Å². The molecule has 4 heterocycles. The molecule has 1 aromatic carbocycles. The lowest BCUT2D eigenvalue weighted by atomic mass is 9.94. The zero-order chi connectivity index (χ0) is 20.0. The Morgan fingerprint density at radius 3 is 2.86 bits per heavy atom. The summed E-state index contributed by atoms with van der Waals surface area (Å²) in [4.78, 5) is 23.4. The quantitative estimate of drug-likeness (QED) is 0.534. The van der Waals surface area contributed by atoms with Crippen molar-refractivity contribution in [2.24, 2.45) is 7.05 Å². The van der Waals surface area contributed by atoms with E-state index in [0.717, 1.165) is 22.2 Å². The maximum Gasteiger partial charge on any atom is 0.233 e. The third kappa shape index (κ3) is 2.79. The SMILES string of the molecule is CCN1C(=O)C[C@H](c2nc(-c3c4ccccc4nn3C)no2)[C@H]1c1cccnc1. The topological polar surface area (TPSA) is 89.9 Å². The fourth-order valence-electron chi connectivity index (χ4n) is 4.24. The molecular weight excluding hydrogens is 368 g/mol. The van der Waals surface area contributed by atoms with Crippen LogP contribution in [0.3, 0.4) is 0 Å². The molecule has 1 aliphatic rings. The highest BCUT2D eigenvalue weighted by Crippen LogP contribution is 2.44. The van der Waals surface area contributed by atoms with E-state index in [0.29, 0.717) is 24.7 Å². The first-order valence-corrected chi connectivity index (χ1v) is 9.62. The molecule has 0 radical (unpaired) electrons. The molecule has 5 rings (SSSR count). The van der Waals surface area contributed by atoms with Crippen molar-refractivity contribution >= 4 is 16.8 Å². The highest BCUT2D eigenvalue weighted by molar-refractivity contribution is 5.91. The van der Waals surface area contributed by atoms with Crippen LogP contribution in [-0.4, -0.2) is 42.3 Å². The third-order valence-corrected chi connectivity index (χ3v) is 5.51. The van der Waals surface area contributed by atoms with Gasteiger partial charge in [-0.25, -0.2) is 0 Å². The number of rotatable bonds is 4. The standard InChI is InChI=1S/C21H20N6O2/c1-3-27-17(28)11-15(18(27)13-7-6-10-22-12-13)21-23-20(25-29-21)19-14-8-4-5-9-16(14)24-26(19)2/h4-10,12,15,18H,3,11H2,1-2H3/t15-,18+/m0/s1. The van der Waals surface area contributed by atoms with Gasteiger partial charge in [-0.05, 0) is 24.6 Å². The number of likely N-dealkylation sites (N-methyl/N-ethyl adjacent to an activating group) is 1. The molecule has 1 amide bonds. The Kier molecular flexibility index (Phi) is 4.12. The maximum atomic E-state index is 12.6. The molecule has 1 saturated heterocycles. The van der Waals surface area contributed by atoms with Crippen LogP contribution in [-0.2, 0) is 11.8 Å². The summed E-state index contributed by atoms with van der Waals surface area (Å²) in [7, 11) is 1.86. The normalized spacial score (nSPS) is 19.4. The lowest BCUT2D eigenvalue weighted by Gasteiger charge is -2.25. The zero-order valence-corrected chi connectivity index (χ0v) is 16.2. The van der Waals surface area contributed by atoms with E-state index in [-0.39, 0.29) is 17.9 Å². The Labute approximate surface area is 167 Å². The monoisotopic (exact) mass is 388 g/mol. The molecule has 8 heteroatoms. The summed E-state index contributed by atoms with van der Waals surface area (Å²) in [6.45, 7) is 2.59.